The van der Waals surface area contributed by atoms with Crippen LogP contribution in [0.2, 0.25) is 0 Å². The zero-order valence-corrected chi connectivity index (χ0v) is 4.97. The Morgan fingerprint density at radius 1 is 1.75 bits per heavy atom. The predicted octanol–water partition coefficient (Wildman–Crippen LogP) is 0.776. The van der Waals surface area contributed by atoms with Crippen LogP contribution >= 0.6 is 0 Å². The molecule has 44 valence electrons. The van der Waals surface area contributed by atoms with Gasteiger partial charge >= 0.3 is 5.97 Å². The fraction of sp³-hybridized carbons (Fsp3) is 0.500. The molecule has 0 bridgehead atoms. The van der Waals surface area contributed by atoms with Gasteiger partial charge in [0.05, 0.1) is 5.92 Å². The van der Waals surface area contributed by atoms with Crippen molar-refractivity contribution in [1.29, 1.82) is 0 Å². The standard InChI is InChI=1S/C6H8O2/c1-4-8-6(7)5(2)3/h1,5H,2-3H3. The van der Waals surface area contributed by atoms with E-state index in [0.29, 0.717) is 0 Å². The minimum atomic E-state index is -0.354. The van der Waals surface area contributed by atoms with E-state index in [9.17, 15) is 4.79 Å². The van der Waals surface area contributed by atoms with Crippen molar-refractivity contribution in [3.05, 3.63) is 0 Å². The number of ether oxygens (including phenoxy) is 1. The van der Waals surface area contributed by atoms with Crippen LogP contribution in [0.3, 0.4) is 0 Å². The van der Waals surface area contributed by atoms with E-state index in [1.165, 1.54) is 0 Å². The molecule has 0 amide bonds. The van der Waals surface area contributed by atoms with Gasteiger partial charge in [-0.3, -0.25) is 4.79 Å². The Morgan fingerprint density at radius 2 is 2.25 bits per heavy atom. The summed E-state index contributed by atoms with van der Waals surface area (Å²) in [5, 5.41) is 0. The van der Waals surface area contributed by atoms with Crippen molar-refractivity contribution in [3.63, 3.8) is 0 Å². The van der Waals surface area contributed by atoms with Crippen LogP contribution in [-0.2, 0) is 9.53 Å². The second-order valence-electron chi connectivity index (χ2n) is 1.69. The van der Waals surface area contributed by atoms with Crippen LogP contribution in [0.4, 0.5) is 0 Å². The van der Waals surface area contributed by atoms with Crippen LogP contribution < -0.4 is 0 Å². The minimum Gasteiger partial charge on any atom is -0.372 e. The Morgan fingerprint density at radius 3 is 2.38 bits per heavy atom. The van der Waals surface area contributed by atoms with Crippen molar-refractivity contribution < 1.29 is 9.53 Å². The van der Waals surface area contributed by atoms with Gasteiger partial charge in [-0.05, 0) is 0 Å². The van der Waals surface area contributed by atoms with Crippen LogP contribution in [0, 0.1) is 18.4 Å². The monoisotopic (exact) mass is 112 g/mol. The first-order valence-corrected chi connectivity index (χ1v) is 2.34. The molecule has 0 N–H and O–H groups in total. The van der Waals surface area contributed by atoms with Crippen LogP contribution in [0.5, 0.6) is 0 Å². The normalized spacial score (nSPS) is 8.25. The van der Waals surface area contributed by atoms with Gasteiger partial charge in [-0.2, -0.15) is 0 Å². The lowest BCUT2D eigenvalue weighted by Gasteiger charge is -1.96. The molecule has 0 saturated carbocycles. The highest BCUT2D eigenvalue weighted by molar-refractivity contribution is 5.72. The first-order valence-electron chi connectivity index (χ1n) is 2.34. The third kappa shape index (κ3) is 2.25. The van der Waals surface area contributed by atoms with Gasteiger partial charge in [0.2, 0.25) is 0 Å². The fourth-order valence-corrected chi connectivity index (χ4v) is 0.176. The van der Waals surface area contributed by atoms with Crippen molar-refractivity contribution in [1.82, 2.24) is 0 Å². The maximum Gasteiger partial charge on any atom is 0.322 e. The van der Waals surface area contributed by atoms with Gasteiger partial charge in [-0.1, -0.05) is 20.3 Å². The maximum absolute atomic E-state index is 10.4. The van der Waals surface area contributed by atoms with E-state index in [1.54, 1.807) is 20.0 Å². The van der Waals surface area contributed by atoms with E-state index in [1.807, 2.05) is 0 Å². The Kier molecular flexibility index (Phi) is 2.71. The predicted molar refractivity (Wildman–Crippen MR) is 29.8 cm³/mol. The molecule has 0 unspecified atom stereocenters. The molecule has 0 aromatic rings. The number of rotatable bonds is 1. The molecule has 0 atom stereocenters. The van der Waals surface area contributed by atoms with Gasteiger partial charge < -0.3 is 4.74 Å². The minimum absolute atomic E-state index is 0.133. The number of hydrogen-bond acceptors (Lipinski definition) is 2. The molecule has 0 aliphatic rings. The zero-order valence-electron chi connectivity index (χ0n) is 4.97. The summed E-state index contributed by atoms with van der Waals surface area (Å²) in [4.78, 5) is 10.4. The van der Waals surface area contributed by atoms with Crippen LogP contribution in [0.25, 0.3) is 0 Å². The average molecular weight is 112 g/mol. The summed E-state index contributed by atoms with van der Waals surface area (Å²) in [7, 11) is 0. The summed E-state index contributed by atoms with van der Waals surface area (Å²) in [6.07, 6.45) is 6.47. The summed E-state index contributed by atoms with van der Waals surface area (Å²) in [5.74, 6) is -0.487. The molecular weight excluding hydrogens is 104 g/mol. The summed E-state index contributed by atoms with van der Waals surface area (Å²) in [6.45, 7) is 3.44. The third-order valence-corrected chi connectivity index (χ3v) is 0.631. The molecule has 0 rings (SSSR count). The molecule has 8 heavy (non-hydrogen) atoms. The topological polar surface area (TPSA) is 26.3 Å². The van der Waals surface area contributed by atoms with Gasteiger partial charge in [-0.15, -0.1) is 0 Å². The maximum atomic E-state index is 10.4. The number of terminal acetylenes is 1. The van der Waals surface area contributed by atoms with Gasteiger partial charge in [0.1, 0.15) is 6.11 Å². The SMILES string of the molecule is C#COC(=O)C(C)C. The fourth-order valence-electron chi connectivity index (χ4n) is 0.176. The number of carbonyl (C=O) groups is 1. The Bertz CT molecular complexity index is 119. The largest absolute Gasteiger partial charge is 0.372 e. The quantitative estimate of drug-likeness (QED) is 0.370. The van der Waals surface area contributed by atoms with E-state index < -0.39 is 0 Å². The van der Waals surface area contributed by atoms with Gasteiger partial charge in [0.15, 0.2) is 0 Å². The second-order valence-corrected chi connectivity index (χ2v) is 1.69. The molecule has 2 nitrogen and oxygen atoms in total. The average Bonchev–Trinajstić information content (AvgIpc) is 1.67. The van der Waals surface area contributed by atoms with Crippen LogP contribution in [0.15, 0.2) is 0 Å². The first-order chi connectivity index (χ1) is 3.68. The Labute approximate surface area is 48.8 Å². The van der Waals surface area contributed by atoms with Gasteiger partial charge in [-0.25, -0.2) is 0 Å². The van der Waals surface area contributed by atoms with Crippen LogP contribution in [-0.4, -0.2) is 5.97 Å². The highest BCUT2D eigenvalue weighted by atomic mass is 16.5. The van der Waals surface area contributed by atoms with E-state index in [2.05, 4.69) is 11.2 Å². The van der Waals surface area contributed by atoms with Crippen molar-refractivity contribution in [2.24, 2.45) is 5.92 Å². The van der Waals surface area contributed by atoms with Crippen molar-refractivity contribution >= 4 is 5.97 Å². The van der Waals surface area contributed by atoms with Crippen LogP contribution in [0.1, 0.15) is 13.8 Å². The van der Waals surface area contributed by atoms with Gasteiger partial charge in [0.25, 0.3) is 0 Å². The molecule has 0 saturated heterocycles. The zero-order chi connectivity index (χ0) is 6.57. The van der Waals surface area contributed by atoms with E-state index in [0.717, 1.165) is 0 Å². The van der Waals surface area contributed by atoms with Crippen molar-refractivity contribution in [3.8, 4) is 12.5 Å². The van der Waals surface area contributed by atoms with Crippen molar-refractivity contribution in [2.45, 2.75) is 13.8 Å². The second kappa shape index (κ2) is 3.09. The molecule has 0 fully saturated rings. The molecule has 0 aliphatic carbocycles. The lowest BCUT2D eigenvalue weighted by molar-refractivity contribution is -0.140. The molecule has 2 heteroatoms. The molecular formula is C6H8O2. The molecule has 0 radical (unpaired) electrons. The molecule has 0 aromatic heterocycles. The summed E-state index contributed by atoms with van der Waals surface area (Å²) < 4.78 is 4.19. The Balaban J connectivity index is 3.53. The van der Waals surface area contributed by atoms with Crippen molar-refractivity contribution in [2.75, 3.05) is 0 Å². The first kappa shape index (κ1) is 7.03. The van der Waals surface area contributed by atoms with E-state index >= 15 is 0 Å². The number of hydrogen-bond donors (Lipinski definition) is 0. The van der Waals surface area contributed by atoms with E-state index in [-0.39, 0.29) is 11.9 Å². The Hall–Kier alpha value is -0.970. The molecule has 0 aromatic carbocycles. The highest BCUT2D eigenvalue weighted by Crippen LogP contribution is 1.93. The molecule has 0 aliphatic heterocycles. The van der Waals surface area contributed by atoms with Gasteiger partial charge in [0, 0.05) is 0 Å². The third-order valence-electron chi connectivity index (χ3n) is 0.631. The smallest absolute Gasteiger partial charge is 0.322 e. The lowest BCUT2D eigenvalue weighted by Crippen LogP contribution is -2.07. The number of esters is 1. The summed E-state index contributed by atoms with van der Waals surface area (Å²) in [6, 6.07) is 0. The van der Waals surface area contributed by atoms with E-state index in [4.69, 9.17) is 0 Å². The summed E-state index contributed by atoms with van der Waals surface area (Å²) in [5.41, 5.74) is 0. The molecule has 0 heterocycles. The highest BCUT2D eigenvalue weighted by Gasteiger charge is 2.05. The lowest BCUT2D eigenvalue weighted by atomic mass is 10.2. The summed E-state index contributed by atoms with van der Waals surface area (Å²) >= 11 is 0. The molecule has 0 spiro atoms. The number of carbonyl (C=O) groups excluding carboxylic acids is 1.